The maximum absolute atomic E-state index is 5.77. The van der Waals surface area contributed by atoms with Gasteiger partial charge in [0, 0.05) is 5.56 Å². The SMILES string of the molecule is CCCNC(c1ccsc1)c1c(C)oc(C)c1C. The van der Waals surface area contributed by atoms with Crippen LogP contribution in [0.4, 0.5) is 0 Å². The van der Waals surface area contributed by atoms with Gasteiger partial charge in [-0.25, -0.2) is 0 Å². The van der Waals surface area contributed by atoms with Gasteiger partial charge in [-0.05, 0) is 61.7 Å². The van der Waals surface area contributed by atoms with Crippen LogP contribution in [-0.2, 0) is 0 Å². The van der Waals surface area contributed by atoms with Crippen molar-refractivity contribution in [1.82, 2.24) is 5.32 Å². The summed E-state index contributed by atoms with van der Waals surface area (Å²) in [5.41, 5.74) is 3.91. The van der Waals surface area contributed by atoms with Crippen LogP contribution in [0.25, 0.3) is 0 Å². The Hall–Kier alpha value is -1.06. The predicted octanol–water partition coefficient (Wildman–Crippen LogP) is 4.36. The number of thiophene rings is 1. The monoisotopic (exact) mass is 263 g/mol. The normalized spacial score (nSPS) is 12.9. The van der Waals surface area contributed by atoms with Gasteiger partial charge in [0.25, 0.3) is 0 Å². The van der Waals surface area contributed by atoms with Crippen molar-refractivity contribution in [2.45, 2.75) is 40.2 Å². The van der Waals surface area contributed by atoms with Gasteiger partial charge in [-0.3, -0.25) is 0 Å². The Bertz CT molecular complexity index is 499. The maximum Gasteiger partial charge on any atom is 0.106 e. The summed E-state index contributed by atoms with van der Waals surface area (Å²) in [7, 11) is 0. The van der Waals surface area contributed by atoms with Gasteiger partial charge in [-0.1, -0.05) is 6.92 Å². The average molecular weight is 263 g/mol. The molecule has 0 amide bonds. The summed E-state index contributed by atoms with van der Waals surface area (Å²) >= 11 is 1.74. The van der Waals surface area contributed by atoms with E-state index in [2.05, 4.69) is 42.9 Å². The van der Waals surface area contributed by atoms with E-state index >= 15 is 0 Å². The van der Waals surface area contributed by atoms with Gasteiger partial charge in [-0.2, -0.15) is 11.3 Å². The molecule has 0 bridgehead atoms. The van der Waals surface area contributed by atoms with Gasteiger partial charge < -0.3 is 9.73 Å². The third kappa shape index (κ3) is 2.52. The Labute approximate surface area is 113 Å². The average Bonchev–Trinajstić information content (AvgIpc) is 2.93. The summed E-state index contributed by atoms with van der Waals surface area (Å²) in [6.07, 6.45) is 1.13. The molecule has 2 aromatic heterocycles. The molecule has 0 saturated heterocycles. The first kappa shape index (κ1) is 13.4. The summed E-state index contributed by atoms with van der Waals surface area (Å²) in [6.45, 7) is 9.45. The number of hydrogen-bond acceptors (Lipinski definition) is 3. The lowest BCUT2D eigenvalue weighted by molar-refractivity contribution is 0.493. The second kappa shape index (κ2) is 5.72. The Balaban J connectivity index is 2.40. The molecule has 1 atom stereocenters. The van der Waals surface area contributed by atoms with Crippen LogP contribution in [0.3, 0.4) is 0 Å². The van der Waals surface area contributed by atoms with Crippen molar-refractivity contribution in [2.24, 2.45) is 0 Å². The first-order valence-electron chi connectivity index (χ1n) is 6.47. The highest BCUT2D eigenvalue weighted by Gasteiger charge is 2.22. The van der Waals surface area contributed by atoms with Crippen LogP contribution < -0.4 is 5.32 Å². The molecule has 2 aromatic rings. The lowest BCUT2D eigenvalue weighted by atomic mass is 9.97. The van der Waals surface area contributed by atoms with Crippen molar-refractivity contribution in [3.8, 4) is 0 Å². The molecule has 18 heavy (non-hydrogen) atoms. The fourth-order valence-electron chi connectivity index (χ4n) is 2.35. The smallest absolute Gasteiger partial charge is 0.106 e. The Morgan fingerprint density at radius 2 is 2.06 bits per heavy atom. The first-order valence-corrected chi connectivity index (χ1v) is 7.41. The van der Waals surface area contributed by atoms with Crippen molar-refractivity contribution in [2.75, 3.05) is 6.54 Å². The largest absolute Gasteiger partial charge is 0.466 e. The van der Waals surface area contributed by atoms with Crippen LogP contribution >= 0.6 is 11.3 Å². The second-order valence-electron chi connectivity index (χ2n) is 4.70. The van der Waals surface area contributed by atoms with Gasteiger partial charge in [0.1, 0.15) is 11.5 Å². The zero-order valence-corrected chi connectivity index (χ0v) is 12.4. The number of furan rings is 1. The molecular weight excluding hydrogens is 242 g/mol. The molecule has 0 aliphatic heterocycles. The van der Waals surface area contributed by atoms with Crippen LogP contribution in [0.2, 0.25) is 0 Å². The summed E-state index contributed by atoms with van der Waals surface area (Å²) in [4.78, 5) is 0. The van der Waals surface area contributed by atoms with Gasteiger partial charge >= 0.3 is 0 Å². The molecule has 1 unspecified atom stereocenters. The standard InChI is InChI=1S/C15H21NOS/c1-5-7-16-15(13-6-8-18-9-13)14-10(2)11(3)17-12(14)4/h6,8-9,15-16H,5,7H2,1-4H3. The summed E-state index contributed by atoms with van der Waals surface area (Å²) in [6, 6.07) is 2.45. The van der Waals surface area contributed by atoms with Crippen LogP contribution in [0.15, 0.2) is 21.2 Å². The number of hydrogen-bond donors (Lipinski definition) is 1. The van der Waals surface area contributed by atoms with Gasteiger partial charge in [0.2, 0.25) is 0 Å². The quantitative estimate of drug-likeness (QED) is 0.867. The van der Waals surface area contributed by atoms with E-state index in [4.69, 9.17) is 4.42 Å². The molecule has 2 rings (SSSR count). The molecule has 2 nitrogen and oxygen atoms in total. The van der Waals surface area contributed by atoms with E-state index in [0.717, 1.165) is 24.5 Å². The van der Waals surface area contributed by atoms with Gasteiger partial charge in [0.15, 0.2) is 0 Å². The van der Waals surface area contributed by atoms with Crippen molar-refractivity contribution >= 4 is 11.3 Å². The minimum Gasteiger partial charge on any atom is -0.466 e. The molecule has 0 aromatic carbocycles. The fraction of sp³-hybridized carbons (Fsp3) is 0.467. The minimum atomic E-state index is 0.258. The molecule has 98 valence electrons. The third-order valence-corrected chi connectivity index (χ3v) is 4.08. The van der Waals surface area contributed by atoms with E-state index in [-0.39, 0.29) is 6.04 Å². The zero-order chi connectivity index (χ0) is 13.1. The summed E-state index contributed by atoms with van der Waals surface area (Å²) in [5.74, 6) is 2.06. The number of aryl methyl sites for hydroxylation is 2. The molecule has 0 saturated carbocycles. The number of nitrogens with one attached hydrogen (secondary N) is 1. The van der Waals surface area contributed by atoms with Crippen molar-refractivity contribution in [3.63, 3.8) is 0 Å². The Morgan fingerprint density at radius 3 is 2.56 bits per heavy atom. The van der Waals surface area contributed by atoms with Crippen molar-refractivity contribution in [3.05, 3.63) is 45.0 Å². The lowest BCUT2D eigenvalue weighted by Crippen LogP contribution is -2.23. The van der Waals surface area contributed by atoms with E-state index in [9.17, 15) is 0 Å². The summed E-state index contributed by atoms with van der Waals surface area (Å²) < 4.78 is 5.77. The Morgan fingerprint density at radius 1 is 1.28 bits per heavy atom. The second-order valence-corrected chi connectivity index (χ2v) is 5.48. The van der Waals surface area contributed by atoms with E-state index in [1.807, 2.05) is 6.92 Å². The van der Waals surface area contributed by atoms with E-state index in [1.165, 1.54) is 16.7 Å². The third-order valence-electron chi connectivity index (χ3n) is 3.38. The van der Waals surface area contributed by atoms with Crippen LogP contribution in [0.5, 0.6) is 0 Å². The van der Waals surface area contributed by atoms with Crippen molar-refractivity contribution < 1.29 is 4.42 Å². The molecule has 2 heterocycles. The van der Waals surface area contributed by atoms with E-state index in [1.54, 1.807) is 11.3 Å². The molecule has 0 fully saturated rings. The molecule has 0 aliphatic rings. The van der Waals surface area contributed by atoms with Crippen molar-refractivity contribution in [1.29, 1.82) is 0 Å². The van der Waals surface area contributed by atoms with Crippen LogP contribution in [-0.4, -0.2) is 6.54 Å². The van der Waals surface area contributed by atoms with E-state index in [0.29, 0.717) is 0 Å². The van der Waals surface area contributed by atoms with Crippen LogP contribution in [0, 0.1) is 20.8 Å². The summed E-state index contributed by atoms with van der Waals surface area (Å²) in [5, 5.41) is 7.98. The minimum absolute atomic E-state index is 0.258. The van der Waals surface area contributed by atoms with Gasteiger partial charge in [0.05, 0.1) is 6.04 Å². The van der Waals surface area contributed by atoms with E-state index < -0.39 is 0 Å². The Kier molecular flexibility index (Phi) is 4.25. The lowest BCUT2D eigenvalue weighted by Gasteiger charge is -2.18. The molecule has 3 heteroatoms. The van der Waals surface area contributed by atoms with Crippen LogP contribution in [0.1, 0.15) is 47.6 Å². The molecule has 0 spiro atoms. The maximum atomic E-state index is 5.77. The molecular formula is C15H21NOS. The predicted molar refractivity (Wildman–Crippen MR) is 77.4 cm³/mol. The van der Waals surface area contributed by atoms with Gasteiger partial charge in [-0.15, -0.1) is 0 Å². The molecule has 1 N–H and O–H groups in total. The molecule has 0 aliphatic carbocycles. The topological polar surface area (TPSA) is 25.2 Å². The number of rotatable bonds is 5. The highest BCUT2D eigenvalue weighted by Crippen LogP contribution is 2.32. The highest BCUT2D eigenvalue weighted by molar-refractivity contribution is 7.08. The fourth-order valence-corrected chi connectivity index (χ4v) is 3.04. The first-order chi connectivity index (χ1) is 8.65. The highest BCUT2D eigenvalue weighted by atomic mass is 32.1. The zero-order valence-electron chi connectivity index (χ0n) is 11.5. The molecule has 0 radical (unpaired) electrons.